The second kappa shape index (κ2) is 7.65. The zero-order valence-corrected chi connectivity index (χ0v) is 12.2. The highest BCUT2D eigenvalue weighted by Crippen LogP contribution is 2.28. The normalized spacial score (nSPS) is 16.6. The van der Waals surface area contributed by atoms with Gasteiger partial charge in [0.05, 0.1) is 11.7 Å². The van der Waals surface area contributed by atoms with Gasteiger partial charge in [-0.15, -0.1) is 0 Å². The van der Waals surface area contributed by atoms with Crippen molar-refractivity contribution in [3.8, 4) is 0 Å². The molecule has 108 valence electrons. The highest BCUT2D eigenvalue weighted by molar-refractivity contribution is 5.00. The third-order valence-electron chi connectivity index (χ3n) is 3.97. The Kier molecular flexibility index (Phi) is 5.86. The van der Waals surface area contributed by atoms with Gasteiger partial charge in [-0.05, 0) is 51.4 Å². The quantitative estimate of drug-likeness (QED) is 0.785. The molecule has 0 amide bonds. The second-order valence-corrected chi connectivity index (χ2v) is 5.64. The van der Waals surface area contributed by atoms with Gasteiger partial charge < -0.3 is 5.73 Å². The van der Waals surface area contributed by atoms with Gasteiger partial charge in [0.15, 0.2) is 0 Å². The summed E-state index contributed by atoms with van der Waals surface area (Å²) in [5.41, 5.74) is 6.81. The number of nitrogens with two attached hydrogens (primary N) is 1. The smallest absolute Gasteiger partial charge is 0.0764 e. The lowest BCUT2D eigenvalue weighted by Gasteiger charge is -2.20. The minimum absolute atomic E-state index is 0.650. The van der Waals surface area contributed by atoms with Gasteiger partial charge in [0, 0.05) is 12.7 Å². The molecule has 2 rings (SSSR count). The first-order valence-electron chi connectivity index (χ1n) is 7.80. The van der Waals surface area contributed by atoms with E-state index in [2.05, 4.69) is 28.8 Å². The first kappa shape index (κ1) is 14.5. The van der Waals surface area contributed by atoms with Crippen molar-refractivity contribution in [3.63, 3.8) is 0 Å². The lowest BCUT2D eigenvalue weighted by atomic mass is 10.3. The van der Waals surface area contributed by atoms with Gasteiger partial charge >= 0.3 is 0 Å². The van der Waals surface area contributed by atoms with E-state index in [9.17, 15) is 0 Å². The van der Waals surface area contributed by atoms with Crippen LogP contribution < -0.4 is 5.73 Å². The predicted octanol–water partition coefficient (Wildman–Crippen LogP) is 2.56. The van der Waals surface area contributed by atoms with Crippen LogP contribution >= 0.6 is 0 Å². The molecule has 4 heteroatoms. The molecule has 1 fully saturated rings. The molecule has 0 saturated heterocycles. The summed E-state index contributed by atoms with van der Waals surface area (Å²) in [6.45, 7) is 6.19. The SMILES string of the molecule is CCCN(CCCN)Cc1ccn(C2CCCC2)n1. The van der Waals surface area contributed by atoms with E-state index in [0.29, 0.717) is 6.04 Å². The van der Waals surface area contributed by atoms with E-state index in [-0.39, 0.29) is 0 Å². The predicted molar refractivity (Wildman–Crippen MR) is 79.0 cm³/mol. The maximum Gasteiger partial charge on any atom is 0.0764 e. The van der Waals surface area contributed by atoms with Crippen molar-refractivity contribution in [2.45, 2.75) is 58.0 Å². The van der Waals surface area contributed by atoms with Gasteiger partial charge in [-0.3, -0.25) is 9.58 Å². The van der Waals surface area contributed by atoms with Crippen molar-refractivity contribution in [1.82, 2.24) is 14.7 Å². The Labute approximate surface area is 117 Å². The molecule has 0 aromatic carbocycles. The molecule has 2 N–H and O–H groups in total. The average Bonchev–Trinajstić information content (AvgIpc) is 3.06. The van der Waals surface area contributed by atoms with Crippen LogP contribution in [0.15, 0.2) is 12.3 Å². The fourth-order valence-electron chi connectivity index (χ4n) is 2.96. The van der Waals surface area contributed by atoms with E-state index in [0.717, 1.165) is 32.6 Å². The Morgan fingerprint density at radius 1 is 1.37 bits per heavy atom. The van der Waals surface area contributed by atoms with Crippen LogP contribution in [0.3, 0.4) is 0 Å². The Balaban J connectivity index is 1.89. The number of hydrogen-bond donors (Lipinski definition) is 1. The van der Waals surface area contributed by atoms with Crippen molar-refractivity contribution in [2.24, 2.45) is 5.73 Å². The summed E-state index contributed by atoms with van der Waals surface area (Å²) in [5, 5.41) is 4.77. The van der Waals surface area contributed by atoms with Gasteiger partial charge in [-0.2, -0.15) is 5.10 Å². The lowest BCUT2D eigenvalue weighted by Crippen LogP contribution is -2.27. The summed E-state index contributed by atoms with van der Waals surface area (Å²) in [6.07, 6.45) is 9.74. The maximum atomic E-state index is 5.61. The molecule has 1 aliphatic rings. The molecule has 0 spiro atoms. The molecule has 1 aliphatic carbocycles. The largest absolute Gasteiger partial charge is 0.330 e. The minimum Gasteiger partial charge on any atom is -0.330 e. The number of rotatable bonds is 8. The maximum absolute atomic E-state index is 5.61. The second-order valence-electron chi connectivity index (χ2n) is 5.64. The van der Waals surface area contributed by atoms with Crippen LogP contribution in [0.5, 0.6) is 0 Å². The van der Waals surface area contributed by atoms with Crippen molar-refractivity contribution in [1.29, 1.82) is 0 Å². The molecule has 19 heavy (non-hydrogen) atoms. The van der Waals surface area contributed by atoms with Crippen LogP contribution in [0.4, 0.5) is 0 Å². The summed E-state index contributed by atoms with van der Waals surface area (Å²) < 4.78 is 2.19. The van der Waals surface area contributed by atoms with Crippen molar-refractivity contribution >= 4 is 0 Å². The fraction of sp³-hybridized carbons (Fsp3) is 0.800. The monoisotopic (exact) mass is 264 g/mol. The molecule has 1 saturated carbocycles. The van der Waals surface area contributed by atoms with Crippen LogP contribution in [0, 0.1) is 0 Å². The molecule has 0 unspecified atom stereocenters. The minimum atomic E-state index is 0.650. The van der Waals surface area contributed by atoms with Crippen LogP contribution in [0.25, 0.3) is 0 Å². The topological polar surface area (TPSA) is 47.1 Å². The number of nitrogens with zero attached hydrogens (tertiary/aromatic N) is 3. The van der Waals surface area contributed by atoms with Crippen molar-refractivity contribution in [2.75, 3.05) is 19.6 Å². The lowest BCUT2D eigenvalue weighted by molar-refractivity contribution is 0.259. The van der Waals surface area contributed by atoms with Crippen molar-refractivity contribution < 1.29 is 0 Å². The molecule has 0 bridgehead atoms. The zero-order valence-electron chi connectivity index (χ0n) is 12.2. The average molecular weight is 264 g/mol. The van der Waals surface area contributed by atoms with E-state index in [1.165, 1.54) is 37.8 Å². The molecule has 4 nitrogen and oxygen atoms in total. The number of aromatic nitrogens is 2. The summed E-state index contributed by atoms with van der Waals surface area (Å²) in [7, 11) is 0. The molecule has 1 aromatic rings. The summed E-state index contributed by atoms with van der Waals surface area (Å²) >= 11 is 0. The highest BCUT2D eigenvalue weighted by Gasteiger charge is 2.17. The van der Waals surface area contributed by atoms with E-state index in [1.54, 1.807) is 0 Å². The van der Waals surface area contributed by atoms with Gasteiger partial charge in [0.25, 0.3) is 0 Å². The molecule has 0 atom stereocenters. The van der Waals surface area contributed by atoms with E-state index < -0.39 is 0 Å². The van der Waals surface area contributed by atoms with Gasteiger partial charge in [-0.25, -0.2) is 0 Å². The van der Waals surface area contributed by atoms with Gasteiger partial charge in [-0.1, -0.05) is 19.8 Å². The first-order chi connectivity index (χ1) is 9.33. The van der Waals surface area contributed by atoms with Crippen LogP contribution in [-0.4, -0.2) is 34.3 Å². The third-order valence-corrected chi connectivity index (χ3v) is 3.97. The summed E-state index contributed by atoms with van der Waals surface area (Å²) in [4.78, 5) is 2.47. The molecule has 1 aromatic heterocycles. The van der Waals surface area contributed by atoms with Crippen LogP contribution in [-0.2, 0) is 6.54 Å². The number of hydrogen-bond acceptors (Lipinski definition) is 3. The van der Waals surface area contributed by atoms with E-state index in [1.807, 2.05) is 0 Å². The van der Waals surface area contributed by atoms with Gasteiger partial charge in [0.2, 0.25) is 0 Å². The first-order valence-corrected chi connectivity index (χ1v) is 7.80. The Bertz CT molecular complexity index is 355. The Morgan fingerprint density at radius 3 is 2.84 bits per heavy atom. The van der Waals surface area contributed by atoms with Crippen molar-refractivity contribution in [3.05, 3.63) is 18.0 Å². The summed E-state index contributed by atoms with van der Waals surface area (Å²) in [6, 6.07) is 2.83. The molecule has 0 aliphatic heterocycles. The van der Waals surface area contributed by atoms with E-state index in [4.69, 9.17) is 10.8 Å². The van der Waals surface area contributed by atoms with E-state index >= 15 is 0 Å². The Hall–Kier alpha value is -0.870. The fourth-order valence-corrected chi connectivity index (χ4v) is 2.96. The van der Waals surface area contributed by atoms with Crippen LogP contribution in [0.2, 0.25) is 0 Å². The molecule has 1 heterocycles. The van der Waals surface area contributed by atoms with Gasteiger partial charge in [0.1, 0.15) is 0 Å². The molecular weight excluding hydrogens is 236 g/mol. The Morgan fingerprint density at radius 2 is 2.16 bits per heavy atom. The molecular formula is C15H28N4. The summed E-state index contributed by atoms with van der Waals surface area (Å²) in [5.74, 6) is 0. The highest BCUT2D eigenvalue weighted by atomic mass is 15.3. The van der Waals surface area contributed by atoms with Crippen LogP contribution in [0.1, 0.15) is 57.2 Å². The standard InChI is InChI=1S/C15H28N4/c1-2-10-18(11-5-9-16)13-14-8-12-19(17-14)15-6-3-4-7-15/h8,12,15H,2-7,9-11,13,16H2,1H3. The molecule has 0 radical (unpaired) electrons. The zero-order chi connectivity index (χ0) is 13.5. The third kappa shape index (κ3) is 4.32.